The van der Waals surface area contributed by atoms with Crippen LogP contribution in [0.25, 0.3) is 5.69 Å². The molecule has 1 amide bonds. The number of para-hydroxylation sites is 2. The lowest BCUT2D eigenvalue weighted by Gasteiger charge is -2.14. The molecular weight excluding hydrogens is 424 g/mol. The SMILES string of the molecule is O=C(Nc1ccccc1Nc1nc(Nc2ccc(-n3cccc3)cc2)ncc1Cl)C1CC1. The van der Waals surface area contributed by atoms with Gasteiger partial charge in [0.25, 0.3) is 0 Å². The molecule has 8 heteroatoms. The van der Waals surface area contributed by atoms with Crippen molar-refractivity contribution in [2.45, 2.75) is 12.8 Å². The number of carbonyl (C=O) groups excluding carboxylic acids is 1. The van der Waals surface area contributed by atoms with Gasteiger partial charge in [-0.05, 0) is 61.4 Å². The fraction of sp³-hybridized carbons (Fsp3) is 0.125. The van der Waals surface area contributed by atoms with Crippen LogP contribution in [0.2, 0.25) is 5.02 Å². The third-order valence-electron chi connectivity index (χ3n) is 5.16. The molecule has 32 heavy (non-hydrogen) atoms. The molecule has 2 heterocycles. The van der Waals surface area contributed by atoms with Crippen molar-refractivity contribution in [2.75, 3.05) is 16.0 Å². The van der Waals surface area contributed by atoms with Crippen LogP contribution in [0.15, 0.2) is 79.3 Å². The number of amides is 1. The average Bonchev–Trinajstić information content (AvgIpc) is 3.52. The highest BCUT2D eigenvalue weighted by Gasteiger charge is 2.30. The second-order valence-electron chi connectivity index (χ2n) is 7.59. The molecule has 0 spiro atoms. The summed E-state index contributed by atoms with van der Waals surface area (Å²) in [6, 6.07) is 19.4. The molecule has 0 aliphatic heterocycles. The Hall–Kier alpha value is -3.84. The maximum Gasteiger partial charge on any atom is 0.229 e. The molecule has 3 N–H and O–H groups in total. The number of hydrogen-bond donors (Lipinski definition) is 3. The van der Waals surface area contributed by atoms with Crippen LogP contribution in [-0.2, 0) is 4.79 Å². The van der Waals surface area contributed by atoms with Gasteiger partial charge < -0.3 is 20.5 Å². The Bertz CT molecular complexity index is 1240. The first-order chi connectivity index (χ1) is 15.7. The van der Waals surface area contributed by atoms with Crippen LogP contribution < -0.4 is 16.0 Å². The van der Waals surface area contributed by atoms with E-state index in [-0.39, 0.29) is 11.8 Å². The normalized spacial score (nSPS) is 12.9. The van der Waals surface area contributed by atoms with Crippen LogP contribution in [-0.4, -0.2) is 20.4 Å². The standard InChI is InChI=1S/C24H21ClN6O/c25-19-15-26-24(27-17-9-11-18(12-10-17)31-13-3-4-14-31)30-22(19)28-20-5-1-2-6-21(20)29-23(32)16-7-8-16/h1-6,9-16H,7-8H2,(H,29,32)(H2,26,27,28,30). The number of aromatic nitrogens is 3. The van der Waals surface area contributed by atoms with Crippen molar-refractivity contribution >= 4 is 46.3 Å². The summed E-state index contributed by atoms with van der Waals surface area (Å²) in [5.41, 5.74) is 3.31. The molecule has 2 aromatic carbocycles. The number of rotatable bonds is 7. The summed E-state index contributed by atoms with van der Waals surface area (Å²) in [6.45, 7) is 0. The van der Waals surface area contributed by atoms with Crippen molar-refractivity contribution in [1.29, 1.82) is 0 Å². The molecular formula is C24H21ClN6O. The Morgan fingerprint density at radius 2 is 1.66 bits per heavy atom. The van der Waals surface area contributed by atoms with Gasteiger partial charge >= 0.3 is 0 Å². The monoisotopic (exact) mass is 444 g/mol. The second kappa shape index (κ2) is 8.72. The molecule has 1 aliphatic carbocycles. The molecule has 0 bridgehead atoms. The molecule has 7 nitrogen and oxygen atoms in total. The summed E-state index contributed by atoms with van der Waals surface area (Å²) in [5, 5.41) is 9.77. The molecule has 5 rings (SSSR count). The third kappa shape index (κ3) is 4.58. The van der Waals surface area contributed by atoms with Crippen molar-refractivity contribution in [3.63, 3.8) is 0 Å². The zero-order valence-corrected chi connectivity index (χ0v) is 17.9. The predicted molar refractivity (Wildman–Crippen MR) is 127 cm³/mol. The maximum absolute atomic E-state index is 12.2. The zero-order valence-electron chi connectivity index (χ0n) is 17.1. The Kier molecular flexibility index (Phi) is 5.47. The van der Waals surface area contributed by atoms with Gasteiger partial charge in [-0.15, -0.1) is 0 Å². The zero-order chi connectivity index (χ0) is 21.9. The topological polar surface area (TPSA) is 83.9 Å². The second-order valence-corrected chi connectivity index (χ2v) is 7.99. The molecule has 160 valence electrons. The number of nitrogens with one attached hydrogen (secondary N) is 3. The fourth-order valence-electron chi connectivity index (χ4n) is 3.28. The number of nitrogens with zero attached hydrogens (tertiary/aromatic N) is 3. The van der Waals surface area contributed by atoms with Crippen LogP contribution in [0.5, 0.6) is 0 Å². The van der Waals surface area contributed by atoms with Crippen LogP contribution in [0.1, 0.15) is 12.8 Å². The van der Waals surface area contributed by atoms with Crippen molar-refractivity contribution in [3.8, 4) is 5.69 Å². The van der Waals surface area contributed by atoms with Gasteiger partial charge in [-0.1, -0.05) is 23.7 Å². The molecule has 0 saturated heterocycles. The van der Waals surface area contributed by atoms with Gasteiger partial charge in [0.05, 0.1) is 17.6 Å². The summed E-state index contributed by atoms with van der Waals surface area (Å²) in [4.78, 5) is 21.0. The average molecular weight is 445 g/mol. The Morgan fingerprint density at radius 1 is 0.938 bits per heavy atom. The van der Waals surface area contributed by atoms with Gasteiger partial charge in [0.2, 0.25) is 11.9 Å². The Morgan fingerprint density at radius 3 is 2.38 bits per heavy atom. The molecule has 0 unspecified atom stereocenters. The summed E-state index contributed by atoms with van der Waals surface area (Å²) in [7, 11) is 0. The van der Waals surface area contributed by atoms with Gasteiger partial charge in [-0.3, -0.25) is 4.79 Å². The van der Waals surface area contributed by atoms with E-state index in [0.717, 1.165) is 24.2 Å². The number of benzene rings is 2. The summed E-state index contributed by atoms with van der Waals surface area (Å²) < 4.78 is 2.03. The lowest BCUT2D eigenvalue weighted by atomic mass is 10.2. The first kappa shape index (κ1) is 20.1. The van der Waals surface area contributed by atoms with Crippen molar-refractivity contribution in [2.24, 2.45) is 5.92 Å². The molecule has 2 aromatic heterocycles. The van der Waals surface area contributed by atoms with Crippen molar-refractivity contribution in [1.82, 2.24) is 14.5 Å². The van der Waals surface area contributed by atoms with Gasteiger partial charge in [-0.25, -0.2) is 4.98 Å². The smallest absolute Gasteiger partial charge is 0.229 e. The van der Waals surface area contributed by atoms with E-state index in [9.17, 15) is 4.79 Å². The van der Waals surface area contributed by atoms with E-state index >= 15 is 0 Å². The molecule has 1 fully saturated rings. The maximum atomic E-state index is 12.2. The van der Waals surface area contributed by atoms with Crippen molar-refractivity contribution in [3.05, 3.63) is 84.3 Å². The van der Waals surface area contributed by atoms with Gasteiger partial charge in [0.15, 0.2) is 5.82 Å². The highest BCUT2D eigenvalue weighted by Crippen LogP contribution is 2.33. The minimum Gasteiger partial charge on any atom is -0.337 e. The van der Waals surface area contributed by atoms with Gasteiger partial charge in [0, 0.05) is 29.7 Å². The van der Waals surface area contributed by atoms with E-state index in [0.29, 0.717) is 28.2 Å². The minimum atomic E-state index is 0.0405. The summed E-state index contributed by atoms with van der Waals surface area (Å²) in [6.07, 6.45) is 7.42. The molecule has 4 aromatic rings. The third-order valence-corrected chi connectivity index (χ3v) is 5.43. The van der Waals surface area contributed by atoms with Crippen molar-refractivity contribution < 1.29 is 4.79 Å². The molecule has 1 saturated carbocycles. The van der Waals surface area contributed by atoms with Crippen LogP contribution in [0.3, 0.4) is 0 Å². The van der Waals surface area contributed by atoms with E-state index in [1.165, 1.54) is 0 Å². The highest BCUT2D eigenvalue weighted by atomic mass is 35.5. The summed E-state index contributed by atoms with van der Waals surface area (Å²) in [5.74, 6) is 1.01. The first-order valence-corrected chi connectivity index (χ1v) is 10.7. The summed E-state index contributed by atoms with van der Waals surface area (Å²) >= 11 is 6.34. The minimum absolute atomic E-state index is 0.0405. The Balaban J connectivity index is 1.33. The van der Waals surface area contributed by atoms with E-state index in [1.54, 1.807) is 6.20 Å². The Labute approximate surface area is 190 Å². The highest BCUT2D eigenvalue weighted by molar-refractivity contribution is 6.33. The number of hydrogen-bond acceptors (Lipinski definition) is 5. The lowest BCUT2D eigenvalue weighted by Crippen LogP contribution is -2.14. The van der Waals surface area contributed by atoms with Crippen LogP contribution in [0, 0.1) is 5.92 Å². The number of anilines is 5. The van der Waals surface area contributed by atoms with E-state index in [2.05, 4.69) is 25.9 Å². The van der Waals surface area contributed by atoms with E-state index in [4.69, 9.17) is 11.6 Å². The van der Waals surface area contributed by atoms with E-state index < -0.39 is 0 Å². The predicted octanol–water partition coefficient (Wildman–Crippen LogP) is 5.76. The fourth-order valence-corrected chi connectivity index (χ4v) is 3.41. The quantitative estimate of drug-likeness (QED) is 0.337. The largest absolute Gasteiger partial charge is 0.337 e. The number of halogens is 1. The van der Waals surface area contributed by atoms with Crippen LogP contribution in [0.4, 0.5) is 28.8 Å². The molecule has 1 aliphatic rings. The molecule has 0 atom stereocenters. The first-order valence-electron chi connectivity index (χ1n) is 10.4. The van der Waals surface area contributed by atoms with Crippen LogP contribution >= 0.6 is 11.6 Å². The van der Waals surface area contributed by atoms with Gasteiger partial charge in [0.1, 0.15) is 5.02 Å². The van der Waals surface area contributed by atoms with E-state index in [1.807, 2.05) is 77.6 Å². The lowest BCUT2D eigenvalue weighted by molar-refractivity contribution is -0.117. The molecule has 0 radical (unpaired) electrons. The van der Waals surface area contributed by atoms with Gasteiger partial charge in [-0.2, -0.15) is 4.98 Å². The number of carbonyl (C=O) groups is 1.